The van der Waals surface area contributed by atoms with Crippen molar-refractivity contribution in [3.05, 3.63) is 66.0 Å². The maximum Gasteiger partial charge on any atom is 0.325 e. The Morgan fingerprint density at radius 1 is 0.882 bits per heavy atom. The standard InChI is InChI=1S/C27H33FN4O2/c28-23-7-9-24(10-8-23)31-19-17-30(18-20-31)15-4-16-32-25(33)27(29-26(32)34)13-11-22(12-14-27)21-5-2-1-3-6-21/h1-3,5-10,22H,4,11-20H2,(H,29,34). The summed E-state index contributed by atoms with van der Waals surface area (Å²) in [6.07, 6.45) is 4.03. The third kappa shape index (κ3) is 4.67. The van der Waals surface area contributed by atoms with Crippen LogP contribution in [0.5, 0.6) is 0 Å². The number of piperazine rings is 1. The number of carbonyl (C=O) groups excluding carboxylic acids is 2. The Hall–Kier alpha value is -2.93. The molecular formula is C27H33FN4O2. The lowest BCUT2D eigenvalue weighted by atomic mass is 9.74. The van der Waals surface area contributed by atoms with Crippen LogP contribution in [-0.2, 0) is 4.79 Å². The number of anilines is 1. The number of amides is 3. The highest BCUT2D eigenvalue weighted by molar-refractivity contribution is 6.07. The molecule has 2 aromatic rings. The van der Waals surface area contributed by atoms with Crippen molar-refractivity contribution in [3.8, 4) is 0 Å². The summed E-state index contributed by atoms with van der Waals surface area (Å²) >= 11 is 0. The second-order valence-corrected chi connectivity index (χ2v) is 9.81. The van der Waals surface area contributed by atoms with E-state index in [1.807, 2.05) is 18.2 Å². The van der Waals surface area contributed by atoms with Crippen LogP contribution in [0.1, 0.15) is 43.6 Å². The second kappa shape index (κ2) is 9.74. The molecule has 3 amide bonds. The van der Waals surface area contributed by atoms with Gasteiger partial charge in [-0.2, -0.15) is 0 Å². The summed E-state index contributed by atoms with van der Waals surface area (Å²) in [7, 11) is 0. The summed E-state index contributed by atoms with van der Waals surface area (Å²) in [6, 6.07) is 16.9. The molecule has 3 fully saturated rings. The number of urea groups is 1. The van der Waals surface area contributed by atoms with E-state index in [9.17, 15) is 14.0 Å². The quantitative estimate of drug-likeness (QED) is 0.657. The van der Waals surface area contributed by atoms with Gasteiger partial charge in [-0.05, 0) is 74.4 Å². The van der Waals surface area contributed by atoms with Crippen LogP contribution in [0.15, 0.2) is 54.6 Å². The number of nitrogens with one attached hydrogen (secondary N) is 1. The first-order valence-corrected chi connectivity index (χ1v) is 12.5. The first-order valence-electron chi connectivity index (χ1n) is 12.5. The number of benzene rings is 2. The van der Waals surface area contributed by atoms with Crippen LogP contribution in [-0.4, -0.2) is 66.5 Å². The number of nitrogens with zero attached hydrogens (tertiary/aromatic N) is 3. The summed E-state index contributed by atoms with van der Waals surface area (Å²) in [5.74, 6) is 0.207. The normalized spacial score (nSPS) is 25.7. The fraction of sp³-hybridized carbons (Fsp3) is 0.481. The smallest absolute Gasteiger partial charge is 0.325 e. The molecule has 1 N–H and O–H groups in total. The van der Waals surface area contributed by atoms with Crippen LogP contribution < -0.4 is 10.2 Å². The molecule has 2 aromatic carbocycles. The van der Waals surface area contributed by atoms with Gasteiger partial charge in [0.1, 0.15) is 11.4 Å². The van der Waals surface area contributed by atoms with Gasteiger partial charge in [0.25, 0.3) is 5.91 Å². The zero-order valence-electron chi connectivity index (χ0n) is 19.6. The van der Waals surface area contributed by atoms with Crippen molar-refractivity contribution in [2.24, 2.45) is 0 Å². The number of carbonyl (C=O) groups is 2. The van der Waals surface area contributed by atoms with Crippen molar-refractivity contribution in [1.82, 2.24) is 15.1 Å². The van der Waals surface area contributed by atoms with Crippen LogP contribution in [0.3, 0.4) is 0 Å². The maximum atomic E-state index is 13.2. The molecule has 2 saturated heterocycles. The molecule has 6 nitrogen and oxygen atoms in total. The molecule has 7 heteroatoms. The Bertz CT molecular complexity index is 997. The van der Waals surface area contributed by atoms with E-state index in [0.717, 1.165) is 57.7 Å². The maximum absolute atomic E-state index is 13.2. The highest BCUT2D eigenvalue weighted by Gasteiger charge is 2.52. The van der Waals surface area contributed by atoms with Crippen molar-refractivity contribution >= 4 is 17.6 Å². The molecule has 0 bridgehead atoms. The number of hydrogen-bond donors (Lipinski definition) is 1. The number of rotatable bonds is 6. The van der Waals surface area contributed by atoms with Crippen molar-refractivity contribution < 1.29 is 14.0 Å². The van der Waals surface area contributed by atoms with Gasteiger partial charge in [-0.1, -0.05) is 30.3 Å². The van der Waals surface area contributed by atoms with Crippen molar-refractivity contribution in [3.63, 3.8) is 0 Å². The minimum Gasteiger partial charge on any atom is -0.369 e. The summed E-state index contributed by atoms with van der Waals surface area (Å²) in [5.41, 5.74) is 1.67. The third-order valence-corrected chi connectivity index (χ3v) is 7.78. The predicted molar refractivity (Wildman–Crippen MR) is 130 cm³/mol. The van der Waals surface area contributed by atoms with Gasteiger partial charge >= 0.3 is 6.03 Å². The molecule has 180 valence electrons. The summed E-state index contributed by atoms with van der Waals surface area (Å²) < 4.78 is 13.2. The molecule has 0 aromatic heterocycles. The molecule has 5 rings (SSSR count). The van der Waals surface area contributed by atoms with Crippen LogP contribution in [0.25, 0.3) is 0 Å². The predicted octanol–water partition coefficient (Wildman–Crippen LogP) is 3.99. The van der Waals surface area contributed by atoms with Gasteiger partial charge in [0.15, 0.2) is 0 Å². The first-order chi connectivity index (χ1) is 16.5. The number of halogens is 1. The summed E-state index contributed by atoms with van der Waals surface area (Å²) in [6.45, 7) is 4.94. The van der Waals surface area contributed by atoms with E-state index < -0.39 is 5.54 Å². The van der Waals surface area contributed by atoms with Gasteiger partial charge in [-0.25, -0.2) is 9.18 Å². The van der Waals surface area contributed by atoms with Crippen molar-refractivity contribution in [2.75, 3.05) is 44.2 Å². The highest BCUT2D eigenvalue weighted by Crippen LogP contribution is 2.40. The van der Waals surface area contributed by atoms with Crippen molar-refractivity contribution in [1.29, 1.82) is 0 Å². The minimum atomic E-state index is -0.705. The molecule has 1 aliphatic carbocycles. The fourth-order valence-electron chi connectivity index (χ4n) is 5.72. The van der Waals surface area contributed by atoms with Gasteiger partial charge in [0.2, 0.25) is 0 Å². The van der Waals surface area contributed by atoms with Gasteiger partial charge in [-0.3, -0.25) is 14.6 Å². The lowest BCUT2D eigenvalue weighted by Crippen LogP contribution is -2.49. The van der Waals surface area contributed by atoms with Crippen LogP contribution >= 0.6 is 0 Å². The molecule has 34 heavy (non-hydrogen) atoms. The average molecular weight is 465 g/mol. The lowest BCUT2D eigenvalue weighted by molar-refractivity contribution is -0.132. The van der Waals surface area contributed by atoms with E-state index in [2.05, 4.69) is 39.4 Å². The average Bonchev–Trinajstić information content (AvgIpc) is 3.10. The minimum absolute atomic E-state index is 0.0369. The van der Waals surface area contributed by atoms with Crippen LogP contribution in [0.4, 0.5) is 14.9 Å². The van der Waals surface area contributed by atoms with E-state index in [1.54, 1.807) is 0 Å². The Balaban J connectivity index is 1.08. The van der Waals surface area contributed by atoms with Gasteiger partial charge < -0.3 is 10.2 Å². The van der Waals surface area contributed by atoms with Crippen LogP contribution in [0.2, 0.25) is 0 Å². The Labute approximate surface area is 200 Å². The van der Waals surface area contributed by atoms with Gasteiger partial charge in [0.05, 0.1) is 0 Å². The topological polar surface area (TPSA) is 55.9 Å². The van der Waals surface area contributed by atoms with E-state index in [-0.39, 0.29) is 17.8 Å². The lowest BCUT2D eigenvalue weighted by Gasteiger charge is -2.36. The van der Waals surface area contributed by atoms with Crippen molar-refractivity contribution in [2.45, 2.75) is 43.6 Å². The first kappa shape index (κ1) is 22.8. The van der Waals surface area contributed by atoms with E-state index in [0.29, 0.717) is 25.3 Å². The molecule has 1 spiro atoms. The van der Waals surface area contributed by atoms with E-state index >= 15 is 0 Å². The monoisotopic (exact) mass is 464 g/mol. The molecule has 2 aliphatic heterocycles. The SMILES string of the molecule is O=C1NC2(CCC(c3ccccc3)CC2)C(=O)N1CCCN1CCN(c2ccc(F)cc2)CC1. The summed E-state index contributed by atoms with van der Waals surface area (Å²) in [5, 5.41) is 3.05. The van der Waals surface area contributed by atoms with E-state index in [1.165, 1.54) is 22.6 Å². The molecule has 0 radical (unpaired) electrons. The molecule has 2 heterocycles. The van der Waals surface area contributed by atoms with Crippen LogP contribution in [0, 0.1) is 5.82 Å². The second-order valence-electron chi connectivity index (χ2n) is 9.81. The third-order valence-electron chi connectivity index (χ3n) is 7.78. The van der Waals surface area contributed by atoms with Gasteiger partial charge in [-0.15, -0.1) is 0 Å². The highest BCUT2D eigenvalue weighted by atomic mass is 19.1. The number of imide groups is 1. The summed E-state index contributed by atoms with van der Waals surface area (Å²) in [4.78, 5) is 32.0. The zero-order chi connectivity index (χ0) is 23.5. The Kier molecular flexibility index (Phi) is 6.55. The van der Waals surface area contributed by atoms with Gasteiger partial charge in [0, 0.05) is 38.4 Å². The molecule has 0 unspecified atom stereocenters. The number of hydrogen-bond acceptors (Lipinski definition) is 4. The largest absolute Gasteiger partial charge is 0.369 e. The molecule has 3 aliphatic rings. The molecule has 0 atom stereocenters. The molecular weight excluding hydrogens is 431 g/mol. The Morgan fingerprint density at radius 2 is 1.56 bits per heavy atom. The molecule has 1 saturated carbocycles. The Morgan fingerprint density at radius 3 is 2.24 bits per heavy atom. The fourth-order valence-corrected chi connectivity index (χ4v) is 5.72. The zero-order valence-corrected chi connectivity index (χ0v) is 19.6. The van der Waals surface area contributed by atoms with E-state index in [4.69, 9.17) is 0 Å².